The first-order valence-corrected chi connectivity index (χ1v) is 7.35. The van der Waals surface area contributed by atoms with Crippen molar-refractivity contribution in [1.82, 2.24) is 10.2 Å². The van der Waals surface area contributed by atoms with Crippen LogP contribution in [0.4, 0.5) is 0 Å². The summed E-state index contributed by atoms with van der Waals surface area (Å²) in [6.07, 6.45) is 3.71. The van der Waals surface area contributed by atoms with Gasteiger partial charge in [-0.3, -0.25) is 4.99 Å². The van der Waals surface area contributed by atoms with Crippen LogP contribution in [0.25, 0.3) is 0 Å². The normalized spacial score (nSPS) is 16.7. The van der Waals surface area contributed by atoms with Crippen molar-refractivity contribution < 1.29 is 4.74 Å². The summed E-state index contributed by atoms with van der Waals surface area (Å²) >= 11 is 0. The van der Waals surface area contributed by atoms with Crippen LogP contribution in [-0.2, 0) is 4.74 Å². The fourth-order valence-corrected chi connectivity index (χ4v) is 1.99. The van der Waals surface area contributed by atoms with Crippen molar-refractivity contribution in [3.05, 3.63) is 0 Å². The average molecular weight is 255 g/mol. The Morgan fingerprint density at radius 2 is 2.00 bits per heavy atom. The molecule has 0 aromatic heterocycles. The predicted octanol–water partition coefficient (Wildman–Crippen LogP) is 2.11. The topological polar surface area (TPSA) is 36.9 Å². The van der Waals surface area contributed by atoms with Crippen molar-refractivity contribution >= 4 is 5.96 Å². The first-order chi connectivity index (χ1) is 8.74. The molecule has 0 unspecified atom stereocenters. The third-order valence-corrected chi connectivity index (χ3v) is 3.08. The number of rotatable bonds is 7. The molecule has 18 heavy (non-hydrogen) atoms. The van der Waals surface area contributed by atoms with Gasteiger partial charge in [0.1, 0.15) is 0 Å². The molecule has 0 radical (unpaired) electrons. The van der Waals surface area contributed by atoms with Crippen molar-refractivity contribution in [2.75, 3.05) is 39.4 Å². The number of ether oxygens (including phenoxy) is 1. The second kappa shape index (κ2) is 9.20. The van der Waals surface area contributed by atoms with Gasteiger partial charge in [-0.2, -0.15) is 0 Å². The van der Waals surface area contributed by atoms with Crippen molar-refractivity contribution in [2.45, 2.75) is 40.0 Å². The summed E-state index contributed by atoms with van der Waals surface area (Å²) in [4.78, 5) is 6.96. The van der Waals surface area contributed by atoms with Crippen molar-refractivity contribution in [3.63, 3.8) is 0 Å². The molecule has 1 saturated heterocycles. The molecule has 0 aromatic rings. The van der Waals surface area contributed by atoms with Gasteiger partial charge in [0.05, 0.1) is 13.2 Å². The molecule has 1 aliphatic rings. The molecule has 4 nitrogen and oxygen atoms in total. The minimum atomic E-state index is 0.718. The maximum absolute atomic E-state index is 5.58. The van der Waals surface area contributed by atoms with Gasteiger partial charge in [0, 0.05) is 26.2 Å². The second-order valence-electron chi connectivity index (χ2n) is 5.22. The van der Waals surface area contributed by atoms with Gasteiger partial charge in [-0.05, 0) is 32.1 Å². The first-order valence-electron chi connectivity index (χ1n) is 7.35. The van der Waals surface area contributed by atoms with Gasteiger partial charge in [-0.25, -0.2) is 0 Å². The Labute approximate surface area is 112 Å². The highest BCUT2D eigenvalue weighted by atomic mass is 16.5. The van der Waals surface area contributed by atoms with E-state index in [1.807, 2.05) is 0 Å². The lowest BCUT2D eigenvalue weighted by atomic mass is 10.1. The van der Waals surface area contributed by atoms with Crippen LogP contribution in [0.2, 0.25) is 0 Å². The lowest BCUT2D eigenvalue weighted by Gasteiger charge is -2.20. The first kappa shape index (κ1) is 15.3. The number of nitrogens with zero attached hydrogens (tertiary/aromatic N) is 2. The largest absolute Gasteiger partial charge is 0.380 e. The quantitative estimate of drug-likeness (QED) is 0.430. The number of nitrogens with one attached hydrogen (secondary N) is 1. The molecule has 0 spiro atoms. The summed E-state index contributed by atoms with van der Waals surface area (Å²) in [6, 6.07) is 0. The maximum Gasteiger partial charge on any atom is 0.193 e. The molecule has 106 valence electrons. The lowest BCUT2D eigenvalue weighted by molar-refractivity contribution is 0.130. The highest BCUT2D eigenvalue weighted by Gasteiger charge is 2.14. The number of hydrogen-bond donors (Lipinski definition) is 1. The van der Waals surface area contributed by atoms with E-state index < -0.39 is 0 Å². The monoisotopic (exact) mass is 255 g/mol. The fraction of sp³-hybridized carbons (Fsp3) is 0.929. The summed E-state index contributed by atoms with van der Waals surface area (Å²) in [5.74, 6) is 1.78. The van der Waals surface area contributed by atoms with Gasteiger partial charge in [0.2, 0.25) is 0 Å². The van der Waals surface area contributed by atoms with Crippen LogP contribution in [0.3, 0.4) is 0 Å². The van der Waals surface area contributed by atoms with E-state index in [1.54, 1.807) is 0 Å². The van der Waals surface area contributed by atoms with Gasteiger partial charge in [0.15, 0.2) is 5.96 Å². The third kappa shape index (κ3) is 6.24. The van der Waals surface area contributed by atoms with E-state index in [0.29, 0.717) is 0 Å². The summed E-state index contributed by atoms with van der Waals surface area (Å²) in [7, 11) is 0. The number of hydrogen-bond acceptors (Lipinski definition) is 2. The molecule has 1 N–H and O–H groups in total. The van der Waals surface area contributed by atoms with Crippen LogP contribution in [0, 0.1) is 5.92 Å². The van der Waals surface area contributed by atoms with Crippen LogP contribution in [0.15, 0.2) is 4.99 Å². The zero-order valence-corrected chi connectivity index (χ0v) is 12.2. The highest BCUT2D eigenvalue weighted by molar-refractivity contribution is 5.80. The lowest BCUT2D eigenvalue weighted by Crippen LogP contribution is -2.39. The van der Waals surface area contributed by atoms with Crippen LogP contribution >= 0.6 is 0 Å². The van der Waals surface area contributed by atoms with Crippen molar-refractivity contribution in [3.8, 4) is 0 Å². The molecule has 1 heterocycles. The van der Waals surface area contributed by atoms with Crippen molar-refractivity contribution in [1.29, 1.82) is 0 Å². The minimum absolute atomic E-state index is 0.718. The molecule has 1 aliphatic heterocycles. The Bertz CT molecular complexity index is 235. The van der Waals surface area contributed by atoms with E-state index in [9.17, 15) is 0 Å². The van der Waals surface area contributed by atoms with Gasteiger partial charge < -0.3 is 15.0 Å². The minimum Gasteiger partial charge on any atom is -0.380 e. The molecule has 0 atom stereocenters. The molecular weight excluding hydrogens is 226 g/mol. The molecule has 0 bridgehead atoms. The van der Waals surface area contributed by atoms with Crippen molar-refractivity contribution in [2.24, 2.45) is 10.9 Å². The SMILES string of the molecule is CCNC(=NCCOCCC(C)C)N1CCCC1. The molecular formula is C14H29N3O. The summed E-state index contributed by atoms with van der Waals surface area (Å²) in [6.45, 7) is 12.1. The maximum atomic E-state index is 5.58. The number of guanidine groups is 1. The van der Waals surface area contributed by atoms with Crippen LogP contribution in [0.5, 0.6) is 0 Å². The molecule has 0 amide bonds. The van der Waals surface area contributed by atoms with E-state index in [0.717, 1.165) is 57.7 Å². The van der Waals surface area contributed by atoms with Crippen LogP contribution in [-0.4, -0.2) is 50.3 Å². The van der Waals surface area contributed by atoms with E-state index in [1.165, 1.54) is 12.8 Å². The fourth-order valence-electron chi connectivity index (χ4n) is 1.99. The molecule has 0 saturated carbocycles. The Hall–Kier alpha value is -0.770. The van der Waals surface area contributed by atoms with Gasteiger partial charge in [0.25, 0.3) is 0 Å². The van der Waals surface area contributed by atoms with E-state index in [-0.39, 0.29) is 0 Å². The van der Waals surface area contributed by atoms with E-state index in [2.05, 4.69) is 36.0 Å². The number of likely N-dealkylation sites (tertiary alicyclic amines) is 1. The van der Waals surface area contributed by atoms with E-state index >= 15 is 0 Å². The van der Waals surface area contributed by atoms with Crippen LogP contribution < -0.4 is 5.32 Å². The zero-order valence-electron chi connectivity index (χ0n) is 12.2. The van der Waals surface area contributed by atoms with Gasteiger partial charge >= 0.3 is 0 Å². The molecule has 0 aromatic carbocycles. The molecule has 1 fully saturated rings. The summed E-state index contributed by atoms with van der Waals surface area (Å²) in [5.41, 5.74) is 0. The zero-order chi connectivity index (χ0) is 13.2. The highest BCUT2D eigenvalue weighted by Crippen LogP contribution is 2.07. The summed E-state index contributed by atoms with van der Waals surface area (Å²) in [5, 5.41) is 3.35. The predicted molar refractivity (Wildman–Crippen MR) is 77.1 cm³/mol. The Kier molecular flexibility index (Phi) is 7.81. The average Bonchev–Trinajstić information content (AvgIpc) is 2.85. The second-order valence-corrected chi connectivity index (χ2v) is 5.22. The van der Waals surface area contributed by atoms with E-state index in [4.69, 9.17) is 4.74 Å². The summed E-state index contributed by atoms with van der Waals surface area (Å²) < 4.78 is 5.58. The Morgan fingerprint density at radius 1 is 1.28 bits per heavy atom. The Balaban J connectivity index is 2.19. The number of aliphatic imine (C=N–C) groups is 1. The van der Waals surface area contributed by atoms with Gasteiger partial charge in [-0.1, -0.05) is 13.8 Å². The van der Waals surface area contributed by atoms with Crippen LogP contribution in [0.1, 0.15) is 40.0 Å². The molecule has 0 aliphatic carbocycles. The smallest absolute Gasteiger partial charge is 0.193 e. The standard InChI is InChI=1S/C14H29N3O/c1-4-15-14(17-9-5-6-10-17)16-8-12-18-11-7-13(2)3/h13H,4-12H2,1-3H3,(H,15,16). The third-order valence-electron chi connectivity index (χ3n) is 3.08. The molecule has 4 heteroatoms. The van der Waals surface area contributed by atoms with Gasteiger partial charge in [-0.15, -0.1) is 0 Å². The molecule has 1 rings (SSSR count). The Morgan fingerprint density at radius 3 is 2.61 bits per heavy atom.